The monoisotopic (exact) mass is 391 g/mol. The lowest BCUT2D eigenvalue weighted by Gasteiger charge is -2.09. The highest BCUT2D eigenvalue weighted by Gasteiger charge is 2.20. The lowest BCUT2D eigenvalue weighted by atomic mass is 10.2. The molecule has 0 spiro atoms. The Morgan fingerprint density at radius 2 is 2.12 bits per heavy atom. The van der Waals surface area contributed by atoms with Gasteiger partial charge in [-0.15, -0.1) is 16.4 Å². The predicted molar refractivity (Wildman–Crippen MR) is 98.6 cm³/mol. The number of anilines is 1. The van der Waals surface area contributed by atoms with Crippen molar-refractivity contribution in [1.82, 2.24) is 15.2 Å². The average molecular weight is 391 g/mol. The fraction of sp³-hybridized carbons (Fsp3) is 0.125. The average Bonchev–Trinajstić information content (AvgIpc) is 3.24. The fourth-order valence-electron chi connectivity index (χ4n) is 2.10. The normalized spacial score (nSPS) is 11.9. The number of carbonyl (C=O) groups is 2. The first-order valence-electron chi connectivity index (χ1n) is 7.48. The molecule has 2 heterocycles. The van der Waals surface area contributed by atoms with Gasteiger partial charge in [0, 0.05) is 0 Å². The van der Waals surface area contributed by atoms with Gasteiger partial charge in [-0.3, -0.25) is 14.7 Å². The van der Waals surface area contributed by atoms with Crippen LogP contribution in [0.1, 0.15) is 17.3 Å². The Morgan fingerprint density at radius 3 is 2.85 bits per heavy atom. The van der Waals surface area contributed by atoms with Crippen molar-refractivity contribution >= 4 is 39.9 Å². The summed E-state index contributed by atoms with van der Waals surface area (Å²) in [7, 11) is 0. The molecule has 0 unspecified atom stereocenters. The Bertz CT molecular complexity index is 956. The highest BCUT2D eigenvalue weighted by atomic mass is 32.2. The summed E-state index contributed by atoms with van der Waals surface area (Å²) < 4.78 is 13.8. The van der Waals surface area contributed by atoms with Crippen molar-refractivity contribution in [3.05, 3.63) is 47.1 Å². The van der Waals surface area contributed by atoms with Crippen LogP contribution < -0.4 is 11.1 Å². The van der Waals surface area contributed by atoms with Crippen molar-refractivity contribution in [3.8, 4) is 11.4 Å². The smallest absolute Gasteiger partial charge is 0.251 e. The minimum atomic E-state index is -0.606. The van der Waals surface area contributed by atoms with Crippen LogP contribution in [-0.2, 0) is 4.79 Å². The maximum Gasteiger partial charge on any atom is 0.251 e. The van der Waals surface area contributed by atoms with E-state index in [9.17, 15) is 14.0 Å². The first kappa shape index (κ1) is 18.1. The third kappa shape index (κ3) is 3.92. The Labute approximate surface area is 156 Å². The molecule has 1 atom stereocenters. The molecule has 134 valence electrons. The maximum atomic E-state index is 13.8. The minimum absolute atomic E-state index is 0.264. The molecule has 26 heavy (non-hydrogen) atoms. The molecule has 3 aromatic rings. The number of benzene rings is 1. The third-order valence-corrected chi connectivity index (χ3v) is 5.20. The molecule has 2 aromatic heterocycles. The summed E-state index contributed by atoms with van der Waals surface area (Å²) in [5.41, 5.74) is 5.82. The van der Waals surface area contributed by atoms with Crippen LogP contribution in [0, 0.1) is 5.82 Å². The molecule has 4 N–H and O–H groups in total. The predicted octanol–water partition coefficient (Wildman–Crippen LogP) is 2.89. The number of thioether (sulfide) groups is 1. The highest BCUT2D eigenvalue weighted by Crippen LogP contribution is 2.27. The van der Waals surface area contributed by atoms with E-state index in [1.165, 1.54) is 17.4 Å². The molecule has 0 saturated carbocycles. The van der Waals surface area contributed by atoms with E-state index < -0.39 is 17.0 Å². The number of H-pyrrole nitrogens is 1. The van der Waals surface area contributed by atoms with Gasteiger partial charge < -0.3 is 11.1 Å². The number of thiophene rings is 1. The SMILES string of the molecule is C[C@@H](Sc1n[nH]c(-c2ccccc2F)n1)C(=O)Nc1sccc1C(N)=O. The Morgan fingerprint density at radius 1 is 1.35 bits per heavy atom. The summed E-state index contributed by atoms with van der Waals surface area (Å²) in [4.78, 5) is 27.8. The number of nitrogens with zero attached hydrogens (tertiary/aromatic N) is 2. The Balaban J connectivity index is 1.67. The molecule has 0 fully saturated rings. The number of carbonyl (C=O) groups excluding carboxylic acids is 2. The van der Waals surface area contributed by atoms with Crippen molar-refractivity contribution in [1.29, 1.82) is 0 Å². The minimum Gasteiger partial charge on any atom is -0.366 e. The summed E-state index contributed by atoms with van der Waals surface area (Å²) in [5, 5.41) is 11.2. The van der Waals surface area contributed by atoms with Gasteiger partial charge >= 0.3 is 0 Å². The number of rotatable bonds is 6. The fourth-order valence-corrected chi connectivity index (χ4v) is 3.62. The standard InChI is InChI=1S/C16H14FN5O2S2/c1-8(14(24)20-15-10(12(18)23)6-7-25-15)26-16-19-13(21-22-16)9-4-2-3-5-11(9)17/h2-8H,1H3,(H2,18,23)(H,20,24)(H,19,21,22)/t8-/m1/s1. The van der Waals surface area contributed by atoms with E-state index in [-0.39, 0.29) is 17.3 Å². The van der Waals surface area contributed by atoms with Gasteiger partial charge in [-0.25, -0.2) is 9.37 Å². The van der Waals surface area contributed by atoms with Crippen LogP contribution in [0.2, 0.25) is 0 Å². The van der Waals surface area contributed by atoms with Crippen molar-refractivity contribution in [2.45, 2.75) is 17.3 Å². The number of aromatic amines is 1. The summed E-state index contributed by atoms with van der Waals surface area (Å²) in [6.45, 7) is 1.68. The molecule has 3 rings (SSSR count). The van der Waals surface area contributed by atoms with Crippen molar-refractivity contribution < 1.29 is 14.0 Å². The molecule has 0 radical (unpaired) electrons. The number of hydrogen-bond donors (Lipinski definition) is 3. The molecular formula is C16H14FN5O2S2. The second kappa shape index (κ2) is 7.67. The number of primary amides is 1. The third-order valence-electron chi connectivity index (χ3n) is 3.41. The number of nitrogens with two attached hydrogens (primary N) is 1. The van der Waals surface area contributed by atoms with E-state index in [1.54, 1.807) is 36.6 Å². The van der Waals surface area contributed by atoms with Crippen molar-refractivity contribution in [3.63, 3.8) is 0 Å². The zero-order valence-corrected chi connectivity index (χ0v) is 15.2. The molecule has 1 aromatic carbocycles. The molecule has 0 aliphatic rings. The topological polar surface area (TPSA) is 114 Å². The second-order valence-electron chi connectivity index (χ2n) is 5.22. The van der Waals surface area contributed by atoms with Crippen LogP contribution in [0.4, 0.5) is 9.39 Å². The Kier molecular flexibility index (Phi) is 5.33. The second-order valence-corrected chi connectivity index (χ2v) is 7.45. The molecule has 0 aliphatic carbocycles. The maximum absolute atomic E-state index is 13.8. The lowest BCUT2D eigenvalue weighted by molar-refractivity contribution is -0.115. The number of halogens is 1. The van der Waals surface area contributed by atoms with Gasteiger partial charge in [-0.1, -0.05) is 23.9 Å². The molecule has 2 amide bonds. The van der Waals surface area contributed by atoms with Crippen LogP contribution in [0.5, 0.6) is 0 Å². The van der Waals surface area contributed by atoms with Gasteiger partial charge in [0.1, 0.15) is 10.8 Å². The van der Waals surface area contributed by atoms with Crippen LogP contribution in [-0.4, -0.2) is 32.2 Å². The van der Waals surface area contributed by atoms with Gasteiger partial charge in [0.25, 0.3) is 5.91 Å². The van der Waals surface area contributed by atoms with E-state index in [0.29, 0.717) is 15.7 Å². The number of aromatic nitrogens is 3. The first-order chi connectivity index (χ1) is 12.5. The first-order valence-corrected chi connectivity index (χ1v) is 9.23. The lowest BCUT2D eigenvalue weighted by Crippen LogP contribution is -2.23. The van der Waals surface area contributed by atoms with Crippen LogP contribution in [0.25, 0.3) is 11.4 Å². The van der Waals surface area contributed by atoms with E-state index in [4.69, 9.17) is 5.73 Å². The van der Waals surface area contributed by atoms with Gasteiger partial charge in [0.15, 0.2) is 5.82 Å². The molecular weight excluding hydrogens is 377 g/mol. The van der Waals surface area contributed by atoms with Gasteiger partial charge in [-0.2, -0.15) is 0 Å². The van der Waals surface area contributed by atoms with Gasteiger partial charge in [0.2, 0.25) is 11.1 Å². The molecule has 7 nitrogen and oxygen atoms in total. The van der Waals surface area contributed by atoms with Crippen molar-refractivity contribution in [2.75, 3.05) is 5.32 Å². The van der Waals surface area contributed by atoms with E-state index in [0.717, 1.165) is 11.8 Å². The zero-order valence-electron chi connectivity index (χ0n) is 13.5. The number of nitrogens with one attached hydrogen (secondary N) is 2. The largest absolute Gasteiger partial charge is 0.366 e. The number of hydrogen-bond acceptors (Lipinski definition) is 6. The van der Waals surface area contributed by atoms with E-state index >= 15 is 0 Å². The highest BCUT2D eigenvalue weighted by molar-refractivity contribution is 8.00. The summed E-state index contributed by atoms with van der Waals surface area (Å²) in [5.74, 6) is -1.06. The number of amides is 2. The zero-order chi connectivity index (χ0) is 18.7. The van der Waals surface area contributed by atoms with Crippen LogP contribution in [0.3, 0.4) is 0 Å². The van der Waals surface area contributed by atoms with Crippen molar-refractivity contribution in [2.24, 2.45) is 5.73 Å². The molecule has 10 heteroatoms. The molecule has 0 aliphatic heterocycles. The summed E-state index contributed by atoms with van der Waals surface area (Å²) in [6.07, 6.45) is 0. The van der Waals surface area contributed by atoms with E-state index in [2.05, 4.69) is 20.5 Å². The van der Waals surface area contributed by atoms with Gasteiger partial charge in [-0.05, 0) is 30.5 Å². The van der Waals surface area contributed by atoms with Crippen LogP contribution in [0.15, 0.2) is 40.9 Å². The molecule has 0 bridgehead atoms. The molecule has 0 saturated heterocycles. The Hall–Kier alpha value is -2.72. The summed E-state index contributed by atoms with van der Waals surface area (Å²) in [6, 6.07) is 7.75. The van der Waals surface area contributed by atoms with E-state index in [1.807, 2.05) is 0 Å². The van der Waals surface area contributed by atoms with Gasteiger partial charge in [0.05, 0.1) is 16.4 Å². The summed E-state index contributed by atoms with van der Waals surface area (Å²) >= 11 is 2.32. The quantitative estimate of drug-likeness (QED) is 0.559. The van der Waals surface area contributed by atoms with Crippen LogP contribution >= 0.6 is 23.1 Å².